The number of hydrogen-bond acceptors (Lipinski definition) is 4. The first kappa shape index (κ1) is 13.8. The molecule has 0 aromatic carbocycles. The molecule has 6 nitrogen and oxygen atoms in total. The van der Waals surface area contributed by atoms with Crippen LogP contribution in [-0.2, 0) is 11.8 Å². The summed E-state index contributed by atoms with van der Waals surface area (Å²) < 4.78 is 6.89. The van der Waals surface area contributed by atoms with Crippen LogP contribution in [0.3, 0.4) is 0 Å². The lowest BCUT2D eigenvalue weighted by Crippen LogP contribution is -2.64. The molecule has 0 saturated heterocycles. The van der Waals surface area contributed by atoms with Gasteiger partial charge in [-0.2, -0.15) is 0 Å². The van der Waals surface area contributed by atoms with E-state index < -0.39 is 0 Å². The second-order valence-electron chi connectivity index (χ2n) is 4.76. The molecule has 0 aliphatic heterocycles. The molecule has 1 fully saturated rings. The Labute approximate surface area is 111 Å². The maximum Gasteiger partial charge on any atom is 0.251 e. The molecule has 1 saturated carbocycles. The molecule has 1 aromatic rings. The Morgan fingerprint density at radius 1 is 1.63 bits per heavy atom. The van der Waals surface area contributed by atoms with Gasteiger partial charge in [-0.25, -0.2) is 0 Å². The Hall–Kier alpha value is -1.66. The Balaban J connectivity index is 2.04. The number of ether oxygens (including phenoxy) is 1. The van der Waals surface area contributed by atoms with E-state index in [1.165, 1.54) is 10.6 Å². The summed E-state index contributed by atoms with van der Waals surface area (Å²) >= 11 is 0. The molecule has 2 rings (SSSR count). The van der Waals surface area contributed by atoms with Gasteiger partial charge < -0.3 is 20.4 Å². The third-order valence-corrected chi connectivity index (χ3v) is 3.41. The Kier molecular flexibility index (Phi) is 4.01. The Morgan fingerprint density at radius 3 is 2.95 bits per heavy atom. The zero-order chi connectivity index (χ0) is 14.0. The SMILES string of the molecule is CCOC1CC(N)C1NC(=O)c1ccn(C)c(=O)c1. The molecule has 6 heteroatoms. The molecule has 3 N–H and O–H groups in total. The van der Waals surface area contributed by atoms with E-state index in [1.54, 1.807) is 19.3 Å². The van der Waals surface area contributed by atoms with Crippen molar-refractivity contribution in [2.45, 2.75) is 31.5 Å². The summed E-state index contributed by atoms with van der Waals surface area (Å²) in [5.41, 5.74) is 5.99. The molecular formula is C13H19N3O3. The van der Waals surface area contributed by atoms with Crippen molar-refractivity contribution in [2.75, 3.05) is 6.61 Å². The van der Waals surface area contributed by atoms with E-state index in [0.29, 0.717) is 12.2 Å². The van der Waals surface area contributed by atoms with Gasteiger partial charge in [0.2, 0.25) is 0 Å². The standard InChI is InChI=1S/C13H19N3O3/c1-3-19-10-7-9(14)12(10)15-13(18)8-4-5-16(2)11(17)6-8/h4-6,9-10,12H,3,7,14H2,1-2H3,(H,15,18). The van der Waals surface area contributed by atoms with Crippen molar-refractivity contribution >= 4 is 5.91 Å². The zero-order valence-corrected chi connectivity index (χ0v) is 11.1. The van der Waals surface area contributed by atoms with Gasteiger partial charge >= 0.3 is 0 Å². The van der Waals surface area contributed by atoms with Gasteiger partial charge in [0, 0.05) is 37.5 Å². The van der Waals surface area contributed by atoms with Gasteiger partial charge in [-0.3, -0.25) is 9.59 Å². The van der Waals surface area contributed by atoms with Crippen LogP contribution in [0.25, 0.3) is 0 Å². The molecule has 104 valence electrons. The highest BCUT2D eigenvalue weighted by Crippen LogP contribution is 2.22. The van der Waals surface area contributed by atoms with Gasteiger partial charge in [0.1, 0.15) is 0 Å². The molecule has 1 aromatic heterocycles. The number of rotatable bonds is 4. The average molecular weight is 265 g/mol. The lowest BCUT2D eigenvalue weighted by atomic mass is 9.83. The minimum atomic E-state index is -0.289. The number of amides is 1. The molecule has 0 bridgehead atoms. The van der Waals surface area contributed by atoms with Crippen LogP contribution in [0.15, 0.2) is 23.1 Å². The van der Waals surface area contributed by atoms with Crippen molar-refractivity contribution in [3.05, 3.63) is 34.2 Å². The van der Waals surface area contributed by atoms with E-state index in [1.807, 2.05) is 6.92 Å². The predicted octanol–water partition coefficient (Wildman–Crippen LogP) is -0.380. The van der Waals surface area contributed by atoms with E-state index in [0.717, 1.165) is 6.42 Å². The van der Waals surface area contributed by atoms with Crippen molar-refractivity contribution in [2.24, 2.45) is 12.8 Å². The first-order valence-corrected chi connectivity index (χ1v) is 6.37. The summed E-state index contributed by atoms with van der Waals surface area (Å²) in [6.07, 6.45) is 2.28. The van der Waals surface area contributed by atoms with Crippen LogP contribution in [-0.4, -0.2) is 35.3 Å². The van der Waals surface area contributed by atoms with Gasteiger partial charge in [-0.1, -0.05) is 0 Å². The fourth-order valence-electron chi connectivity index (χ4n) is 2.15. The maximum absolute atomic E-state index is 12.0. The Bertz CT molecular complexity index is 524. The van der Waals surface area contributed by atoms with Crippen LogP contribution in [0, 0.1) is 0 Å². The highest BCUT2D eigenvalue weighted by atomic mass is 16.5. The van der Waals surface area contributed by atoms with Gasteiger partial charge in [0.15, 0.2) is 0 Å². The normalized spacial score (nSPS) is 25.7. The largest absolute Gasteiger partial charge is 0.376 e. The summed E-state index contributed by atoms with van der Waals surface area (Å²) in [5.74, 6) is -0.289. The lowest BCUT2D eigenvalue weighted by molar-refractivity contribution is -0.0300. The first-order valence-electron chi connectivity index (χ1n) is 6.37. The topological polar surface area (TPSA) is 86.3 Å². The van der Waals surface area contributed by atoms with Gasteiger partial charge in [-0.15, -0.1) is 0 Å². The van der Waals surface area contributed by atoms with Crippen LogP contribution in [0.5, 0.6) is 0 Å². The van der Waals surface area contributed by atoms with Crippen LogP contribution in [0.4, 0.5) is 0 Å². The smallest absolute Gasteiger partial charge is 0.251 e. The maximum atomic E-state index is 12.0. The minimum absolute atomic E-state index is 0.0319. The summed E-state index contributed by atoms with van der Waals surface area (Å²) in [5, 5.41) is 2.83. The highest BCUT2D eigenvalue weighted by molar-refractivity contribution is 5.94. The number of nitrogens with one attached hydrogen (secondary N) is 1. The van der Waals surface area contributed by atoms with Crippen LogP contribution >= 0.6 is 0 Å². The molecule has 0 spiro atoms. The summed E-state index contributed by atoms with van der Waals surface area (Å²) in [6.45, 7) is 2.50. The van der Waals surface area contributed by atoms with Crippen LogP contribution in [0.1, 0.15) is 23.7 Å². The molecule has 19 heavy (non-hydrogen) atoms. The molecule has 3 atom stereocenters. The number of pyridine rings is 1. The van der Waals surface area contributed by atoms with Crippen LogP contribution < -0.4 is 16.6 Å². The molecule has 1 amide bonds. The van der Waals surface area contributed by atoms with Crippen LogP contribution in [0.2, 0.25) is 0 Å². The minimum Gasteiger partial charge on any atom is -0.376 e. The molecule has 1 aliphatic rings. The van der Waals surface area contributed by atoms with Gasteiger partial charge in [0.25, 0.3) is 11.5 Å². The fourth-order valence-corrected chi connectivity index (χ4v) is 2.15. The van der Waals surface area contributed by atoms with E-state index in [9.17, 15) is 9.59 Å². The third kappa shape index (κ3) is 2.85. The number of nitrogens with zero attached hydrogens (tertiary/aromatic N) is 1. The fraction of sp³-hybridized carbons (Fsp3) is 0.538. The number of aryl methyl sites for hydroxylation is 1. The van der Waals surface area contributed by atoms with E-state index in [-0.39, 0.29) is 29.7 Å². The van der Waals surface area contributed by atoms with Crippen molar-refractivity contribution < 1.29 is 9.53 Å². The molecule has 0 radical (unpaired) electrons. The second kappa shape index (κ2) is 5.54. The first-order chi connectivity index (χ1) is 9.02. The summed E-state index contributed by atoms with van der Waals surface area (Å²) in [6, 6.07) is 2.65. The van der Waals surface area contributed by atoms with Gasteiger partial charge in [0.05, 0.1) is 12.1 Å². The van der Waals surface area contributed by atoms with Crippen molar-refractivity contribution in [3.63, 3.8) is 0 Å². The number of carbonyl (C=O) groups excluding carboxylic acids is 1. The quantitative estimate of drug-likeness (QED) is 0.777. The predicted molar refractivity (Wildman–Crippen MR) is 70.9 cm³/mol. The summed E-state index contributed by atoms with van der Waals surface area (Å²) in [4.78, 5) is 23.5. The second-order valence-corrected chi connectivity index (χ2v) is 4.76. The monoisotopic (exact) mass is 265 g/mol. The number of aromatic nitrogens is 1. The van der Waals surface area contributed by atoms with E-state index >= 15 is 0 Å². The summed E-state index contributed by atoms with van der Waals surface area (Å²) in [7, 11) is 1.64. The highest BCUT2D eigenvalue weighted by Gasteiger charge is 2.40. The number of nitrogens with two attached hydrogens (primary N) is 1. The van der Waals surface area contributed by atoms with Crippen molar-refractivity contribution in [1.82, 2.24) is 9.88 Å². The molecule has 3 unspecified atom stereocenters. The average Bonchev–Trinajstić information content (AvgIpc) is 2.38. The molecule has 1 aliphatic carbocycles. The Morgan fingerprint density at radius 2 is 2.37 bits per heavy atom. The van der Waals surface area contributed by atoms with Gasteiger partial charge in [-0.05, 0) is 19.4 Å². The number of hydrogen-bond donors (Lipinski definition) is 2. The van der Waals surface area contributed by atoms with E-state index in [4.69, 9.17) is 10.5 Å². The van der Waals surface area contributed by atoms with E-state index in [2.05, 4.69) is 5.32 Å². The molecular weight excluding hydrogens is 246 g/mol. The zero-order valence-electron chi connectivity index (χ0n) is 11.1. The molecule has 1 heterocycles. The third-order valence-electron chi connectivity index (χ3n) is 3.41. The van der Waals surface area contributed by atoms with Crippen molar-refractivity contribution in [1.29, 1.82) is 0 Å². The lowest BCUT2D eigenvalue weighted by Gasteiger charge is -2.42. The number of carbonyl (C=O) groups is 1. The van der Waals surface area contributed by atoms with Crippen molar-refractivity contribution in [3.8, 4) is 0 Å².